The highest BCUT2D eigenvalue weighted by molar-refractivity contribution is 5.92. The van der Waals surface area contributed by atoms with Crippen LogP contribution in [0.1, 0.15) is 65.5 Å². The number of fused-ring (bicyclic) bond motifs is 2. The predicted octanol–water partition coefficient (Wildman–Crippen LogP) is 3.59. The summed E-state index contributed by atoms with van der Waals surface area (Å²) in [4.78, 5) is 14.2. The molecule has 3 unspecified atom stereocenters. The lowest BCUT2D eigenvalue weighted by atomic mass is 9.84. The molecule has 2 aliphatic rings. The van der Waals surface area contributed by atoms with Gasteiger partial charge >= 0.3 is 0 Å². The fraction of sp³-hybridized carbons (Fsp3) is 0.435. The highest BCUT2D eigenvalue weighted by Gasteiger charge is 2.40. The minimum Gasteiger partial charge on any atom is -0.366 e. The Bertz CT molecular complexity index is 777. The minimum atomic E-state index is -0.341. The molecule has 2 aliphatic heterocycles. The number of carbonyl (C=O) groups is 1. The Morgan fingerprint density at radius 2 is 1.74 bits per heavy atom. The van der Waals surface area contributed by atoms with Crippen molar-refractivity contribution >= 4 is 5.91 Å². The van der Waals surface area contributed by atoms with Gasteiger partial charge in [0.15, 0.2) is 0 Å². The van der Waals surface area contributed by atoms with Crippen molar-refractivity contribution < 1.29 is 4.79 Å². The van der Waals surface area contributed by atoms with Crippen LogP contribution in [0, 0.1) is 0 Å². The summed E-state index contributed by atoms with van der Waals surface area (Å²) < 4.78 is 0. The number of amides is 1. The van der Waals surface area contributed by atoms with Crippen molar-refractivity contribution in [3.63, 3.8) is 0 Å². The predicted molar refractivity (Wildman–Crippen MR) is 108 cm³/mol. The number of rotatable bonds is 6. The molecule has 27 heavy (non-hydrogen) atoms. The summed E-state index contributed by atoms with van der Waals surface area (Å²) in [6.07, 6.45) is 5.88. The highest BCUT2D eigenvalue weighted by Crippen LogP contribution is 2.43. The molecule has 3 atom stereocenters. The smallest absolute Gasteiger partial charge is 0.248 e. The standard InChI is InChI=1S/C23H29N3O/c24-22(16-5-2-1-3-6-16)11-12-26-20-9-10-21(26)15-19(14-20)17-7-4-8-18(13-17)23(25)27/h1-8,13,19-22H,9-12,14-15,24H2,(H2,25,27). The molecule has 0 aliphatic carbocycles. The molecule has 0 aromatic heterocycles. The molecule has 2 aromatic carbocycles. The van der Waals surface area contributed by atoms with Crippen molar-refractivity contribution in [3.05, 3.63) is 71.3 Å². The van der Waals surface area contributed by atoms with Gasteiger partial charge in [0, 0.05) is 30.2 Å². The molecule has 2 bridgehead atoms. The Labute approximate surface area is 161 Å². The molecule has 4 rings (SSSR count). The van der Waals surface area contributed by atoms with Crippen molar-refractivity contribution in [3.8, 4) is 0 Å². The van der Waals surface area contributed by atoms with E-state index in [-0.39, 0.29) is 11.9 Å². The zero-order chi connectivity index (χ0) is 18.8. The lowest BCUT2D eigenvalue weighted by Gasteiger charge is -2.39. The van der Waals surface area contributed by atoms with Crippen LogP contribution in [0.4, 0.5) is 0 Å². The summed E-state index contributed by atoms with van der Waals surface area (Å²) in [7, 11) is 0. The number of hydrogen-bond donors (Lipinski definition) is 2. The van der Waals surface area contributed by atoms with Crippen molar-refractivity contribution in [2.45, 2.75) is 56.1 Å². The maximum Gasteiger partial charge on any atom is 0.248 e. The molecule has 2 heterocycles. The molecule has 4 nitrogen and oxygen atoms in total. The van der Waals surface area contributed by atoms with Gasteiger partial charge in [-0.1, -0.05) is 42.5 Å². The maximum atomic E-state index is 11.5. The average molecular weight is 364 g/mol. The summed E-state index contributed by atoms with van der Waals surface area (Å²) in [5, 5.41) is 0. The molecule has 1 amide bonds. The first kappa shape index (κ1) is 18.2. The zero-order valence-corrected chi connectivity index (χ0v) is 15.8. The quantitative estimate of drug-likeness (QED) is 0.824. The first-order valence-corrected chi connectivity index (χ1v) is 10.1. The van der Waals surface area contributed by atoms with Crippen LogP contribution >= 0.6 is 0 Å². The highest BCUT2D eigenvalue weighted by atomic mass is 16.1. The van der Waals surface area contributed by atoms with Gasteiger partial charge in [0.25, 0.3) is 0 Å². The zero-order valence-electron chi connectivity index (χ0n) is 15.8. The monoisotopic (exact) mass is 363 g/mol. The van der Waals surface area contributed by atoms with Crippen molar-refractivity contribution in [2.75, 3.05) is 6.54 Å². The van der Waals surface area contributed by atoms with E-state index < -0.39 is 0 Å². The molecule has 2 saturated heterocycles. The lowest BCUT2D eigenvalue weighted by molar-refractivity contribution is 0.1000. The second-order valence-corrected chi connectivity index (χ2v) is 8.09. The van der Waals surface area contributed by atoms with Crippen LogP contribution in [0.5, 0.6) is 0 Å². The fourth-order valence-corrected chi connectivity index (χ4v) is 5.01. The fourth-order valence-electron chi connectivity index (χ4n) is 5.01. The SMILES string of the molecule is NC(=O)c1cccc(C2CC3CCC(C2)N3CCC(N)c2ccccc2)c1. The van der Waals surface area contributed by atoms with E-state index in [4.69, 9.17) is 11.5 Å². The normalized spacial score (nSPS) is 26.0. The first-order chi connectivity index (χ1) is 13.1. The van der Waals surface area contributed by atoms with E-state index in [0.717, 1.165) is 13.0 Å². The Kier molecular flexibility index (Phi) is 5.28. The Hall–Kier alpha value is -2.17. The Morgan fingerprint density at radius 1 is 1.04 bits per heavy atom. The Morgan fingerprint density at radius 3 is 2.41 bits per heavy atom. The van der Waals surface area contributed by atoms with Crippen LogP contribution in [0.2, 0.25) is 0 Å². The topological polar surface area (TPSA) is 72.4 Å². The van der Waals surface area contributed by atoms with Crippen molar-refractivity contribution in [2.24, 2.45) is 11.5 Å². The van der Waals surface area contributed by atoms with Crippen LogP contribution in [0.25, 0.3) is 0 Å². The van der Waals surface area contributed by atoms with Gasteiger partial charge in [-0.05, 0) is 61.3 Å². The van der Waals surface area contributed by atoms with Crippen LogP contribution in [-0.2, 0) is 0 Å². The number of primary amides is 1. The largest absolute Gasteiger partial charge is 0.366 e. The van der Waals surface area contributed by atoms with Gasteiger partial charge < -0.3 is 11.5 Å². The first-order valence-electron chi connectivity index (χ1n) is 10.1. The van der Waals surface area contributed by atoms with E-state index in [0.29, 0.717) is 23.6 Å². The number of nitrogens with zero attached hydrogens (tertiary/aromatic N) is 1. The molecule has 4 heteroatoms. The second kappa shape index (κ2) is 7.83. The molecule has 2 fully saturated rings. The molecule has 0 saturated carbocycles. The third-order valence-electron chi connectivity index (χ3n) is 6.45. The molecular formula is C23H29N3O. The van der Waals surface area contributed by atoms with Gasteiger partial charge in [0.05, 0.1) is 0 Å². The lowest BCUT2D eigenvalue weighted by Crippen LogP contribution is -2.43. The second-order valence-electron chi connectivity index (χ2n) is 8.09. The summed E-state index contributed by atoms with van der Waals surface area (Å²) >= 11 is 0. The van der Waals surface area contributed by atoms with Crippen molar-refractivity contribution in [1.82, 2.24) is 4.90 Å². The third-order valence-corrected chi connectivity index (χ3v) is 6.45. The van der Waals surface area contributed by atoms with Gasteiger partial charge in [-0.15, -0.1) is 0 Å². The molecule has 4 N–H and O–H groups in total. The number of piperidine rings is 1. The van der Waals surface area contributed by atoms with Crippen LogP contribution < -0.4 is 11.5 Å². The molecule has 2 aromatic rings. The molecule has 0 radical (unpaired) electrons. The number of benzene rings is 2. The number of carbonyl (C=O) groups excluding carboxylic acids is 1. The van der Waals surface area contributed by atoms with Gasteiger partial charge in [-0.3, -0.25) is 9.69 Å². The van der Waals surface area contributed by atoms with Crippen LogP contribution in [0.15, 0.2) is 54.6 Å². The third kappa shape index (κ3) is 3.92. The summed E-state index contributed by atoms with van der Waals surface area (Å²) in [6.45, 7) is 1.07. The van der Waals surface area contributed by atoms with Gasteiger partial charge in [0.1, 0.15) is 0 Å². The average Bonchev–Trinajstić information content (AvgIpc) is 2.93. The van der Waals surface area contributed by atoms with E-state index in [1.54, 1.807) is 6.07 Å². The minimum absolute atomic E-state index is 0.107. The Balaban J connectivity index is 1.39. The molecule has 142 valence electrons. The summed E-state index contributed by atoms with van der Waals surface area (Å²) in [6, 6.07) is 19.7. The van der Waals surface area contributed by atoms with Crippen LogP contribution in [0.3, 0.4) is 0 Å². The van der Waals surface area contributed by atoms with Crippen molar-refractivity contribution in [1.29, 1.82) is 0 Å². The van der Waals surface area contributed by atoms with E-state index >= 15 is 0 Å². The molecular weight excluding hydrogens is 334 g/mol. The van der Waals surface area contributed by atoms with E-state index in [1.807, 2.05) is 18.2 Å². The number of nitrogens with two attached hydrogens (primary N) is 2. The van der Waals surface area contributed by atoms with Gasteiger partial charge in [0.2, 0.25) is 5.91 Å². The molecule has 0 spiro atoms. The van der Waals surface area contributed by atoms with E-state index in [9.17, 15) is 4.79 Å². The van der Waals surface area contributed by atoms with Gasteiger partial charge in [-0.25, -0.2) is 0 Å². The summed E-state index contributed by atoms with van der Waals surface area (Å²) in [5.41, 5.74) is 15.0. The maximum absolute atomic E-state index is 11.5. The summed E-state index contributed by atoms with van der Waals surface area (Å²) in [5.74, 6) is 0.188. The van der Waals surface area contributed by atoms with E-state index in [2.05, 4.69) is 35.2 Å². The number of hydrogen-bond acceptors (Lipinski definition) is 3. The van der Waals surface area contributed by atoms with Gasteiger partial charge in [-0.2, -0.15) is 0 Å². The van der Waals surface area contributed by atoms with Crippen LogP contribution in [-0.4, -0.2) is 29.4 Å². The van der Waals surface area contributed by atoms with E-state index in [1.165, 1.54) is 36.8 Å².